The zero-order valence-electron chi connectivity index (χ0n) is 14.3. The number of anilines is 1. The van der Waals surface area contributed by atoms with Crippen LogP contribution in [-0.2, 0) is 6.54 Å². The lowest BCUT2D eigenvalue weighted by molar-refractivity contribution is 0.0677. The molecule has 1 aromatic carbocycles. The minimum absolute atomic E-state index is 0.00216. The van der Waals surface area contributed by atoms with E-state index in [-0.39, 0.29) is 5.91 Å². The molecular formula is C19H24N4O. The molecule has 1 unspecified atom stereocenters. The van der Waals surface area contributed by atoms with Crippen molar-refractivity contribution in [2.24, 2.45) is 5.92 Å². The van der Waals surface area contributed by atoms with E-state index in [1.807, 2.05) is 4.90 Å². The average molecular weight is 324 g/mol. The Morgan fingerprint density at radius 1 is 1.29 bits per heavy atom. The molecule has 3 rings (SSSR count). The minimum Gasteiger partial charge on any atom is -0.366 e. The summed E-state index contributed by atoms with van der Waals surface area (Å²) in [6.45, 7) is 6.56. The Kier molecular flexibility index (Phi) is 5.08. The third-order valence-electron chi connectivity index (χ3n) is 4.42. The molecule has 1 fully saturated rings. The van der Waals surface area contributed by atoms with Crippen molar-refractivity contribution < 1.29 is 4.79 Å². The second kappa shape index (κ2) is 7.43. The lowest BCUT2D eigenvalue weighted by Gasteiger charge is -2.30. The molecule has 0 aliphatic carbocycles. The molecular weight excluding hydrogens is 300 g/mol. The summed E-state index contributed by atoms with van der Waals surface area (Å²) in [7, 11) is 0. The molecule has 1 N–H and O–H groups in total. The Morgan fingerprint density at radius 2 is 2.08 bits per heavy atom. The van der Waals surface area contributed by atoms with Crippen LogP contribution in [-0.4, -0.2) is 33.9 Å². The number of hydrogen-bond donors (Lipinski definition) is 1. The van der Waals surface area contributed by atoms with Crippen LogP contribution in [0.15, 0.2) is 36.7 Å². The Hall–Kier alpha value is -2.43. The summed E-state index contributed by atoms with van der Waals surface area (Å²) >= 11 is 0. The van der Waals surface area contributed by atoms with Gasteiger partial charge in [0.15, 0.2) is 0 Å². The first-order valence-electron chi connectivity index (χ1n) is 8.52. The van der Waals surface area contributed by atoms with E-state index < -0.39 is 0 Å². The van der Waals surface area contributed by atoms with Crippen LogP contribution in [0.5, 0.6) is 0 Å². The van der Waals surface area contributed by atoms with Gasteiger partial charge in [-0.1, -0.05) is 36.8 Å². The normalized spacial score (nSPS) is 17.6. The number of carbonyl (C=O) groups excluding carboxylic acids is 1. The number of aryl methyl sites for hydroxylation is 1. The number of rotatable bonds is 4. The number of aromatic nitrogens is 2. The van der Waals surface area contributed by atoms with Crippen LogP contribution in [0.1, 0.15) is 41.4 Å². The van der Waals surface area contributed by atoms with Crippen LogP contribution < -0.4 is 5.32 Å². The average Bonchev–Trinajstić information content (AvgIpc) is 2.61. The largest absolute Gasteiger partial charge is 0.366 e. The summed E-state index contributed by atoms with van der Waals surface area (Å²) in [4.78, 5) is 22.9. The molecule has 126 valence electrons. The van der Waals surface area contributed by atoms with Gasteiger partial charge in [-0.3, -0.25) is 4.79 Å². The molecule has 0 bridgehead atoms. The molecule has 5 nitrogen and oxygen atoms in total. The first kappa shape index (κ1) is 16.4. The first-order valence-corrected chi connectivity index (χ1v) is 8.52. The molecule has 0 spiro atoms. The van der Waals surface area contributed by atoms with Crippen LogP contribution in [0.4, 0.5) is 5.82 Å². The zero-order valence-corrected chi connectivity index (χ0v) is 14.3. The van der Waals surface area contributed by atoms with Crippen LogP contribution in [0.2, 0.25) is 0 Å². The number of hydrogen-bond acceptors (Lipinski definition) is 4. The fourth-order valence-electron chi connectivity index (χ4n) is 3.01. The van der Waals surface area contributed by atoms with Gasteiger partial charge in [0, 0.05) is 25.7 Å². The highest BCUT2D eigenvalue weighted by atomic mass is 16.2. The Labute approximate surface area is 143 Å². The van der Waals surface area contributed by atoms with Gasteiger partial charge in [-0.05, 0) is 31.2 Å². The molecule has 5 heteroatoms. The summed E-state index contributed by atoms with van der Waals surface area (Å²) in [5.41, 5.74) is 2.88. The summed E-state index contributed by atoms with van der Waals surface area (Å²) in [6, 6.07) is 10.1. The lowest BCUT2D eigenvalue weighted by atomic mass is 10.00. The summed E-state index contributed by atoms with van der Waals surface area (Å²) in [5.74, 6) is 1.24. The molecule has 24 heavy (non-hydrogen) atoms. The van der Waals surface area contributed by atoms with Gasteiger partial charge in [-0.15, -0.1) is 0 Å². The van der Waals surface area contributed by atoms with Crippen molar-refractivity contribution in [1.29, 1.82) is 0 Å². The van der Waals surface area contributed by atoms with Gasteiger partial charge in [-0.25, -0.2) is 9.97 Å². The van der Waals surface area contributed by atoms with E-state index in [0.29, 0.717) is 24.0 Å². The van der Waals surface area contributed by atoms with Crippen molar-refractivity contribution in [3.8, 4) is 0 Å². The van der Waals surface area contributed by atoms with E-state index in [1.54, 1.807) is 6.07 Å². The molecule has 1 saturated heterocycles. The van der Waals surface area contributed by atoms with Crippen LogP contribution in [0.25, 0.3) is 0 Å². The topological polar surface area (TPSA) is 58.1 Å². The van der Waals surface area contributed by atoms with E-state index in [9.17, 15) is 4.79 Å². The first-order chi connectivity index (χ1) is 11.6. The van der Waals surface area contributed by atoms with E-state index in [0.717, 1.165) is 19.5 Å². The number of amides is 1. The number of nitrogens with one attached hydrogen (secondary N) is 1. The van der Waals surface area contributed by atoms with Gasteiger partial charge in [-0.2, -0.15) is 0 Å². The second-order valence-electron chi connectivity index (χ2n) is 6.63. The Morgan fingerprint density at radius 3 is 2.83 bits per heavy atom. The van der Waals surface area contributed by atoms with E-state index in [2.05, 4.69) is 53.4 Å². The van der Waals surface area contributed by atoms with Gasteiger partial charge in [0.2, 0.25) is 0 Å². The highest BCUT2D eigenvalue weighted by Crippen LogP contribution is 2.18. The monoisotopic (exact) mass is 324 g/mol. The van der Waals surface area contributed by atoms with Crippen molar-refractivity contribution in [1.82, 2.24) is 14.9 Å². The summed E-state index contributed by atoms with van der Waals surface area (Å²) < 4.78 is 0. The van der Waals surface area contributed by atoms with Gasteiger partial charge in [0.25, 0.3) is 5.91 Å². The molecule has 1 amide bonds. The summed E-state index contributed by atoms with van der Waals surface area (Å²) in [6.07, 6.45) is 3.71. The Bertz CT molecular complexity index is 699. The number of benzene rings is 1. The SMILES string of the molecule is Cc1ccc(CNc2cc(C(=O)N3CCCC(C)C3)ncn2)cc1. The van der Waals surface area contributed by atoms with Crippen molar-refractivity contribution in [2.75, 3.05) is 18.4 Å². The predicted octanol–water partition coefficient (Wildman–Crippen LogP) is 3.27. The van der Waals surface area contributed by atoms with E-state index >= 15 is 0 Å². The van der Waals surface area contributed by atoms with Gasteiger partial charge in [0.1, 0.15) is 17.8 Å². The molecule has 1 atom stereocenters. The highest BCUT2D eigenvalue weighted by molar-refractivity contribution is 5.93. The number of carbonyl (C=O) groups is 1. The molecule has 2 aromatic rings. The molecule has 0 radical (unpaired) electrons. The fraction of sp³-hybridized carbons (Fsp3) is 0.421. The minimum atomic E-state index is 0.00216. The summed E-state index contributed by atoms with van der Waals surface area (Å²) in [5, 5.41) is 3.27. The number of likely N-dealkylation sites (tertiary alicyclic amines) is 1. The van der Waals surface area contributed by atoms with E-state index in [1.165, 1.54) is 23.9 Å². The molecule has 1 aliphatic rings. The van der Waals surface area contributed by atoms with Crippen molar-refractivity contribution in [3.63, 3.8) is 0 Å². The molecule has 0 saturated carbocycles. The lowest BCUT2D eigenvalue weighted by Crippen LogP contribution is -2.39. The van der Waals surface area contributed by atoms with Gasteiger partial charge < -0.3 is 10.2 Å². The van der Waals surface area contributed by atoms with Crippen LogP contribution >= 0.6 is 0 Å². The molecule has 2 heterocycles. The fourth-order valence-corrected chi connectivity index (χ4v) is 3.01. The van der Waals surface area contributed by atoms with Crippen molar-refractivity contribution >= 4 is 11.7 Å². The zero-order chi connectivity index (χ0) is 16.9. The van der Waals surface area contributed by atoms with E-state index in [4.69, 9.17) is 0 Å². The smallest absolute Gasteiger partial charge is 0.272 e. The van der Waals surface area contributed by atoms with Gasteiger partial charge in [0.05, 0.1) is 0 Å². The standard InChI is InChI=1S/C19H24N4O/c1-14-5-7-16(8-6-14)11-20-18-10-17(21-13-22-18)19(24)23-9-3-4-15(2)12-23/h5-8,10,13,15H,3-4,9,11-12H2,1-2H3,(H,20,21,22). The molecule has 1 aromatic heterocycles. The van der Waals surface area contributed by atoms with Gasteiger partial charge >= 0.3 is 0 Å². The quantitative estimate of drug-likeness (QED) is 0.938. The highest BCUT2D eigenvalue weighted by Gasteiger charge is 2.23. The van der Waals surface area contributed by atoms with Crippen LogP contribution in [0, 0.1) is 12.8 Å². The maximum atomic E-state index is 12.6. The third-order valence-corrected chi connectivity index (χ3v) is 4.42. The number of nitrogens with zero attached hydrogens (tertiary/aromatic N) is 3. The predicted molar refractivity (Wildman–Crippen MR) is 94.8 cm³/mol. The van der Waals surface area contributed by atoms with Crippen molar-refractivity contribution in [3.05, 3.63) is 53.5 Å². The second-order valence-corrected chi connectivity index (χ2v) is 6.63. The maximum absolute atomic E-state index is 12.6. The Balaban J connectivity index is 1.65. The third kappa shape index (κ3) is 4.10. The number of piperidine rings is 1. The van der Waals surface area contributed by atoms with Crippen molar-refractivity contribution in [2.45, 2.75) is 33.2 Å². The van der Waals surface area contributed by atoms with Crippen LogP contribution in [0.3, 0.4) is 0 Å². The maximum Gasteiger partial charge on any atom is 0.272 e. The molecule has 1 aliphatic heterocycles.